The predicted molar refractivity (Wildman–Crippen MR) is 362 cm³/mol. The molecule has 0 amide bonds. The largest absolute Gasteiger partial charge is 0.502 e. The van der Waals surface area contributed by atoms with Crippen molar-refractivity contribution in [2.75, 3.05) is 92.5 Å². The van der Waals surface area contributed by atoms with Gasteiger partial charge in [0, 0.05) is 29.7 Å². The first-order valence-corrected chi connectivity index (χ1v) is 29.4. The number of azide groups is 1. The number of phenols is 1. The van der Waals surface area contributed by atoms with Crippen LogP contribution in [0.1, 0.15) is 104 Å². The molecule has 1 atom stereocenters. The fourth-order valence-corrected chi connectivity index (χ4v) is 8.37. The van der Waals surface area contributed by atoms with E-state index in [4.69, 9.17) is 39.1 Å². The highest BCUT2D eigenvalue weighted by molar-refractivity contribution is 5.94. The summed E-state index contributed by atoms with van der Waals surface area (Å²) in [4.78, 5) is 103. The van der Waals surface area contributed by atoms with Gasteiger partial charge in [-0.3, -0.25) is 30.3 Å². The van der Waals surface area contributed by atoms with E-state index in [2.05, 4.69) is 70.6 Å². The fourth-order valence-electron chi connectivity index (χ4n) is 8.37. The quantitative estimate of drug-likeness (QED) is 0.00875. The van der Waals surface area contributed by atoms with Gasteiger partial charge in [-0.25, -0.2) is 28.8 Å². The van der Waals surface area contributed by atoms with E-state index in [0.717, 1.165) is 77.0 Å². The van der Waals surface area contributed by atoms with Crippen LogP contribution in [0.25, 0.3) is 10.4 Å². The number of nitrogens with zero attached hydrogens (tertiary/aromatic N) is 7. The topological polar surface area (TPSA) is 417 Å². The number of nitro groups is 3. The summed E-state index contributed by atoms with van der Waals surface area (Å²) in [5, 5.41) is 48.0. The molecule has 0 aliphatic carbocycles. The Kier molecular flexibility index (Phi) is 29.5. The van der Waals surface area contributed by atoms with Crippen LogP contribution in [0, 0.1) is 30.3 Å². The number of phenolic OH excluding ortho intramolecular Hbond substituents is 1. The minimum absolute atomic E-state index is 0.0250. The van der Waals surface area contributed by atoms with Crippen molar-refractivity contribution in [2.24, 2.45) is 5.11 Å². The Hall–Kier alpha value is -12.7. The van der Waals surface area contributed by atoms with E-state index in [1.165, 1.54) is 85.1 Å². The van der Waals surface area contributed by atoms with Gasteiger partial charge in [0.15, 0.2) is 17.2 Å². The summed E-state index contributed by atoms with van der Waals surface area (Å²) in [5.41, 5.74) is 13.4. The van der Waals surface area contributed by atoms with Gasteiger partial charge in [0.05, 0.1) is 119 Å². The van der Waals surface area contributed by atoms with E-state index in [-0.39, 0.29) is 81.5 Å². The van der Waals surface area contributed by atoms with Crippen molar-refractivity contribution in [3.05, 3.63) is 220 Å². The van der Waals surface area contributed by atoms with E-state index < -0.39 is 50.1 Å². The fraction of sp³-hybridized carbons (Fsp3) is 0.294. The molecular formula is C68H74N8O24. The first-order valence-electron chi connectivity index (χ1n) is 29.4. The molecule has 100 heavy (non-hydrogen) atoms. The summed E-state index contributed by atoms with van der Waals surface area (Å²) in [6, 6.07) is 26.2. The van der Waals surface area contributed by atoms with E-state index in [1.54, 1.807) is 44.2 Å². The minimum atomic E-state index is -0.776. The molecule has 1 saturated heterocycles. The summed E-state index contributed by atoms with van der Waals surface area (Å²) in [6.45, 7) is 25.5. The first-order chi connectivity index (χ1) is 47.2. The zero-order valence-corrected chi connectivity index (χ0v) is 56.7. The monoisotopic (exact) mass is 1390 g/mol. The highest BCUT2D eigenvalue weighted by Crippen LogP contribution is 2.47. The average Bonchev–Trinajstić information content (AvgIpc) is 1.57. The number of aromatic hydroxyl groups is 1. The van der Waals surface area contributed by atoms with E-state index >= 15 is 0 Å². The molecule has 0 bridgehead atoms. The first kappa shape index (κ1) is 79.7. The number of benzene rings is 6. The highest BCUT2D eigenvalue weighted by atomic mass is 16.6. The number of nitrogens with one attached hydrogen (secondary N) is 1. The molecule has 0 radical (unpaired) electrons. The van der Waals surface area contributed by atoms with Gasteiger partial charge < -0.3 is 67.4 Å². The van der Waals surface area contributed by atoms with Crippen LogP contribution in [-0.2, 0) is 28.4 Å². The molecule has 0 aromatic heterocycles. The van der Waals surface area contributed by atoms with Gasteiger partial charge in [-0.2, -0.15) is 0 Å². The third kappa shape index (κ3) is 23.3. The molecule has 32 heteroatoms. The smallest absolute Gasteiger partial charge is 0.338 e. The van der Waals surface area contributed by atoms with Crippen LogP contribution in [0.4, 0.5) is 34.1 Å². The van der Waals surface area contributed by atoms with Crippen molar-refractivity contribution >= 4 is 69.9 Å². The Labute approximate surface area is 573 Å². The molecular weight excluding hydrogens is 1310 g/mol. The van der Waals surface area contributed by atoms with Gasteiger partial charge in [-0.05, 0) is 155 Å². The molecule has 6 aromatic rings. The summed E-state index contributed by atoms with van der Waals surface area (Å²) >= 11 is 0. The molecule has 1 unspecified atom stereocenters. The number of ether oxygens (including phenoxy) is 11. The Morgan fingerprint density at radius 1 is 0.530 bits per heavy atom. The van der Waals surface area contributed by atoms with Crippen molar-refractivity contribution in [2.45, 2.75) is 52.6 Å². The summed E-state index contributed by atoms with van der Waals surface area (Å²) in [5.74, 6) is -1.39. The Morgan fingerprint density at radius 3 is 1.29 bits per heavy atom. The second-order valence-electron chi connectivity index (χ2n) is 22.5. The Balaban J connectivity index is 0.000000255. The minimum Gasteiger partial charge on any atom is -0.502 e. The van der Waals surface area contributed by atoms with Crippen molar-refractivity contribution in [3.63, 3.8) is 0 Å². The van der Waals surface area contributed by atoms with Crippen molar-refractivity contribution in [1.29, 1.82) is 0 Å². The van der Waals surface area contributed by atoms with E-state index in [1.807, 2.05) is 32.9 Å². The standard InChI is InChI=1S/C12H13N3O3.2C12H13NO5.C12H13NO3.C12H15NO3.C8H7NO5/c1-8(2)7-18-11-5-4-9(12(16)17-3)6-10(11)14-15-13;2*1-8(2)7-18-11-5-4-9(12(14)17-3)6-10(11)13(15)16;1-12-6-13(12)9-5-8(11(14)15-2)3-4-10(9)16-7-12;1-12(2)7-16-10-5-4-8(11(14)15-3)6-9(10)13-12;1-14-8(11)5-2-3-7(10)6(4-5)9(12)13/h3*4-6H,1,7H2,2-3H3;3-5H,6-7H2,1-2H3;4-6,13H,7H2,1-3H3;2-4,10H,1H3. The van der Waals surface area contributed by atoms with Gasteiger partial charge in [0.1, 0.15) is 50.3 Å². The molecule has 2 N–H and O–H groups in total. The lowest BCUT2D eigenvalue weighted by molar-refractivity contribution is -0.386. The van der Waals surface area contributed by atoms with Crippen LogP contribution in [0.2, 0.25) is 0 Å². The van der Waals surface area contributed by atoms with Crippen LogP contribution in [-0.4, -0.2) is 149 Å². The second kappa shape index (κ2) is 37.0. The molecule has 32 nitrogen and oxygen atoms in total. The van der Waals surface area contributed by atoms with Gasteiger partial charge >= 0.3 is 52.9 Å². The van der Waals surface area contributed by atoms with Gasteiger partial charge in [-0.1, -0.05) is 24.9 Å². The average molecular weight is 1390 g/mol. The normalized spacial score (nSPS) is 13.2. The van der Waals surface area contributed by atoms with Gasteiger partial charge in [0.25, 0.3) is 0 Å². The van der Waals surface area contributed by atoms with Gasteiger partial charge in [-0.15, -0.1) is 0 Å². The van der Waals surface area contributed by atoms with E-state index in [0.29, 0.717) is 35.7 Å². The van der Waals surface area contributed by atoms with Crippen LogP contribution in [0.5, 0.6) is 34.5 Å². The molecule has 3 heterocycles. The van der Waals surface area contributed by atoms with Crippen LogP contribution < -0.4 is 33.9 Å². The number of rotatable bonds is 19. The molecule has 530 valence electrons. The molecule has 3 aliphatic rings. The summed E-state index contributed by atoms with van der Waals surface area (Å²) < 4.78 is 54.4. The van der Waals surface area contributed by atoms with Crippen molar-refractivity contribution in [1.82, 2.24) is 0 Å². The van der Waals surface area contributed by atoms with Gasteiger partial charge in [0.2, 0.25) is 0 Å². The third-order valence-corrected chi connectivity index (χ3v) is 13.4. The lowest BCUT2D eigenvalue weighted by Crippen LogP contribution is -2.40. The number of hydrogen-bond donors (Lipinski definition) is 2. The number of methoxy groups -OCH3 is 6. The van der Waals surface area contributed by atoms with Crippen LogP contribution in [0.15, 0.2) is 151 Å². The number of fused-ring (bicyclic) bond motifs is 4. The third-order valence-electron chi connectivity index (χ3n) is 13.4. The number of nitro benzene ring substituents is 3. The lowest BCUT2D eigenvalue weighted by atomic mass is 10.0. The maximum atomic E-state index is 11.4. The van der Waals surface area contributed by atoms with Crippen LogP contribution >= 0.6 is 0 Å². The maximum Gasteiger partial charge on any atom is 0.338 e. The molecule has 6 aromatic carbocycles. The van der Waals surface area contributed by atoms with Crippen LogP contribution in [0.3, 0.4) is 0 Å². The molecule has 1 fully saturated rings. The Bertz CT molecular complexity index is 3940. The zero-order valence-electron chi connectivity index (χ0n) is 56.7. The Morgan fingerprint density at radius 2 is 0.880 bits per heavy atom. The molecule has 9 rings (SSSR count). The highest BCUT2D eigenvalue weighted by Gasteiger charge is 2.52. The SMILES string of the molecule is C=C(C)COc1ccc(C(=O)OC)cc1N=[N+]=[N-].C=C(C)COc1ccc(C(=O)OC)cc1[N+](=O)[O-].C=C(C)COc1ccc(C(=O)OC)cc1[N+](=O)[O-].COC(=O)c1ccc(O)c([N+](=O)[O-])c1.COC(=O)c1ccc2c(c1)N1CC1(C)CO2.COC(=O)c1ccc2c(c1)NC(C)(C)CO2. The maximum absolute atomic E-state index is 11.4. The number of carbonyl (C=O) groups is 6. The molecule has 0 saturated carbocycles. The molecule has 0 spiro atoms. The summed E-state index contributed by atoms with van der Waals surface area (Å²) in [6.07, 6.45) is 0. The van der Waals surface area contributed by atoms with E-state index in [9.17, 15) is 59.1 Å². The summed E-state index contributed by atoms with van der Waals surface area (Å²) in [7, 11) is 7.62. The molecule has 3 aliphatic heterocycles. The number of esters is 6. The number of carbonyl (C=O) groups excluding carboxylic acids is 6. The second-order valence-corrected chi connectivity index (χ2v) is 22.5. The predicted octanol–water partition coefficient (Wildman–Crippen LogP) is 12.6. The zero-order chi connectivity index (χ0) is 74.8. The van der Waals surface area contributed by atoms with Crippen molar-refractivity contribution < 1.29 is 101 Å². The number of hydrogen-bond acceptors (Lipinski definition) is 27. The number of anilines is 2. The lowest BCUT2D eigenvalue weighted by Gasteiger charge is -2.33. The van der Waals surface area contributed by atoms with Crippen molar-refractivity contribution in [3.8, 4) is 34.5 Å².